The van der Waals surface area contributed by atoms with Crippen molar-refractivity contribution in [1.82, 2.24) is 9.97 Å². The fraction of sp³-hybridized carbons (Fsp3) is 0. The minimum absolute atomic E-state index is 0.543. The molecule has 0 radical (unpaired) electrons. The van der Waals surface area contributed by atoms with Gasteiger partial charge >= 0.3 is 0 Å². The van der Waals surface area contributed by atoms with Crippen LogP contribution in [0.25, 0.3) is 33.6 Å². The first-order chi connectivity index (χ1) is 14.8. The Balaban J connectivity index is 1.75. The van der Waals surface area contributed by atoms with Crippen LogP contribution in [0.5, 0.6) is 0 Å². The highest BCUT2D eigenvalue weighted by molar-refractivity contribution is 7.99. The van der Waals surface area contributed by atoms with E-state index in [-0.39, 0.29) is 0 Å². The molecule has 2 aromatic heterocycles. The normalized spacial score (nSPS) is 10.8. The van der Waals surface area contributed by atoms with Crippen molar-refractivity contribution < 1.29 is 4.42 Å². The number of rotatable bonds is 4. The Labute approximate surface area is 177 Å². The summed E-state index contributed by atoms with van der Waals surface area (Å²) in [5.41, 5.74) is 4.15. The fourth-order valence-corrected chi connectivity index (χ4v) is 4.35. The lowest BCUT2D eigenvalue weighted by atomic mass is 10.00. The van der Waals surface area contributed by atoms with Gasteiger partial charge in [0.2, 0.25) is 5.71 Å². The van der Waals surface area contributed by atoms with Gasteiger partial charge in [-0.15, -0.1) is 0 Å². The van der Waals surface area contributed by atoms with Crippen LogP contribution in [0.3, 0.4) is 0 Å². The number of nitrogens with zero attached hydrogens (tertiary/aromatic N) is 3. The summed E-state index contributed by atoms with van der Waals surface area (Å²) >= 11 is 1.50. The van der Waals surface area contributed by atoms with Gasteiger partial charge in [-0.2, -0.15) is 5.26 Å². The van der Waals surface area contributed by atoms with E-state index in [4.69, 9.17) is 4.42 Å². The van der Waals surface area contributed by atoms with E-state index in [9.17, 15) is 5.26 Å². The first-order valence-electron chi connectivity index (χ1n) is 9.40. The average molecular weight is 405 g/mol. The van der Waals surface area contributed by atoms with Gasteiger partial charge in [0, 0.05) is 16.0 Å². The van der Waals surface area contributed by atoms with Crippen molar-refractivity contribution in [2.75, 3.05) is 0 Å². The zero-order chi connectivity index (χ0) is 20.3. The summed E-state index contributed by atoms with van der Waals surface area (Å²) in [6.07, 6.45) is 1.52. The Morgan fingerprint density at radius 2 is 1.53 bits per heavy atom. The van der Waals surface area contributed by atoms with Crippen LogP contribution in [-0.2, 0) is 0 Å². The summed E-state index contributed by atoms with van der Waals surface area (Å²) in [7, 11) is 0. The third-order valence-corrected chi connectivity index (χ3v) is 5.72. The molecule has 0 fully saturated rings. The number of benzene rings is 3. The molecule has 142 valence electrons. The summed E-state index contributed by atoms with van der Waals surface area (Å²) in [4.78, 5) is 9.91. The maximum absolute atomic E-state index is 9.22. The first-order valence-corrected chi connectivity index (χ1v) is 10.2. The van der Waals surface area contributed by atoms with Gasteiger partial charge in [-0.3, -0.25) is 0 Å². The van der Waals surface area contributed by atoms with Gasteiger partial charge in [0.15, 0.2) is 0 Å². The average Bonchev–Trinajstić information content (AvgIpc) is 3.21. The van der Waals surface area contributed by atoms with Gasteiger partial charge in [-0.25, -0.2) is 9.97 Å². The van der Waals surface area contributed by atoms with Gasteiger partial charge in [-0.05, 0) is 23.8 Å². The highest BCUT2D eigenvalue weighted by atomic mass is 32.2. The quantitative estimate of drug-likeness (QED) is 0.316. The molecule has 0 N–H and O–H groups in total. The minimum Gasteiger partial charge on any atom is -0.437 e. The van der Waals surface area contributed by atoms with Crippen molar-refractivity contribution in [2.24, 2.45) is 0 Å². The molecule has 5 heteroatoms. The van der Waals surface area contributed by atoms with E-state index in [0.29, 0.717) is 11.3 Å². The highest BCUT2D eigenvalue weighted by Gasteiger charge is 2.22. The van der Waals surface area contributed by atoms with Crippen LogP contribution >= 0.6 is 11.8 Å². The number of hydrogen-bond donors (Lipinski definition) is 0. The molecule has 3 aromatic carbocycles. The second-order valence-electron chi connectivity index (χ2n) is 6.64. The standard InChI is InChI=1S/C25H15N3OS/c26-15-17-8-7-13-20(14-17)30-25-22-21(18-9-3-1-4-10-18)23(19-11-5-2-6-12-19)29-24(22)27-16-28-25/h1-14,16H. The van der Waals surface area contributed by atoms with Crippen molar-refractivity contribution in [2.45, 2.75) is 9.92 Å². The molecule has 0 saturated heterocycles. The molecule has 2 heterocycles. The predicted molar refractivity (Wildman–Crippen MR) is 118 cm³/mol. The van der Waals surface area contributed by atoms with Crippen LogP contribution in [-0.4, -0.2) is 9.97 Å². The van der Waals surface area contributed by atoms with E-state index in [1.54, 1.807) is 6.07 Å². The number of nitriles is 1. The molecule has 0 spiro atoms. The lowest BCUT2D eigenvalue weighted by molar-refractivity contribution is 0.617. The van der Waals surface area contributed by atoms with Gasteiger partial charge in [0.25, 0.3) is 0 Å². The van der Waals surface area contributed by atoms with E-state index < -0.39 is 0 Å². The minimum atomic E-state index is 0.543. The molecule has 4 nitrogen and oxygen atoms in total. The largest absolute Gasteiger partial charge is 0.437 e. The molecule has 30 heavy (non-hydrogen) atoms. The number of fused-ring (bicyclic) bond motifs is 1. The third kappa shape index (κ3) is 3.34. The van der Waals surface area contributed by atoms with Crippen LogP contribution in [0.15, 0.2) is 106 Å². The summed E-state index contributed by atoms with van der Waals surface area (Å²) < 4.78 is 6.25. The molecule has 0 amide bonds. The van der Waals surface area contributed by atoms with Gasteiger partial charge < -0.3 is 4.42 Å². The SMILES string of the molecule is N#Cc1cccc(Sc2ncnc3oc(-c4ccccc4)c(-c4ccccc4)c23)c1. The van der Waals surface area contributed by atoms with Crippen molar-refractivity contribution in [3.05, 3.63) is 96.8 Å². The predicted octanol–water partition coefficient (Wildman–Crippen LogP) is 6.58. The van der Waals surface area contributed by atoms with Crippen molar-refractivity contribution >= 4 is 22.9 Å². The van der Waals surface area contributed by atoms with Crippen LogP contribution in [0, 0.1) is 11.3 Å². The van der Waals surface area contributed by atoms with Gasteiger partial charge in [0.1, 0.15) is 17.1 Å². The Bertz CT molecular complexity index is 1370. The second-order valence-corrected chi connectivity index (χ2v) is 7.70. The first kappa shape index (κ1) is 18.2. The molecule has 0 atom stereocenters. The third-order valence-electron chi connectivity index (χ3n) is 4.73. The van der Waals surface area contributed by atoms with Gasteiger partial charge in [0.05, 0.1) is 17.0 Å². The van der Waals surface area contributed by atoms with Crippen molar-refractivity contribution in [3.8, 4) is 28.5 Å². The Kier molecular flexibility index (Phi) is 4.76. The van der Waals surface area contributed by atoms with E-state index >= 15 is 0 Å². The summed E-state index contributed by atoms with van der Waals surface area (Å²) in [5.74, 6) is 0.768. The molecule has 5 rings (SSSR count). The van der Waals surface area contributed by atoms with Crippen LogP contribution < -0.4 is 0 Å². The Hall–Kier alpha value is -3.88. The Morgan fingerprint density at radius 3 is 2.27 bits per heavy atom. The molecule has 0 saturated carbocycles. The molecule has 5 aromatic rings. The zero-order valence-electron chi connectivity index (χ0n) is 15.8. The summed E-state index contributed by atoms with van der Waals surface area (Å²) in [6, 6.07) is 29.9. The molecular formula is C25H15N3OS. The van der Waals surface area contributed by atoms with E-state index in [0.717, 1.165) is 37.8 Å². The molecule has 0 aliphatic rings. The molecule has 0 aliphatic heterocycles. The highest BCUT2D eigenvalue weighted by Crippen LogP contribution is 2.44. The van der Waals surface area contributed by atoms with E-state index in [1.807, 2.05) is 66.7 Å². The van der Waals surface area contributed by atoms with Crippen molar-refractivity contribution in [3.63, 3.8) is 0 Å². The second kappa shape index (κ2) is 7.86. The van der Waals surface area contributed by atoms with E-state index in [2.05, 4.69) is 28.2 Å². The maximum Gasteiger partial charge on any atom is 0.231 e. The smallest absolute Gasteiger partial charge is 0.231 e. The van der Waals surface area contributed by atoms with Crippen molar-refractivity contribution in [1.29, 1.82) is 5.26 Å². The zero-order valence-corrected chi connectivity index (χ0v) is 16.6. The number of hydrogen-bond acceptors (Lipinski definition) is 5. The molecule has 0 bridgehead atoms. The maximum atomic E-state index is 9.22. The topological polar surface area (TPSA) is 62.7 Å². The monoisotopic (exact) mass is 405 g/mol. The lowest BCUT2D eigenvalue weighted by Gasteiger charge is -2.06. The Morgan fingerprint density at radius 1 is 0.800 bits per heavy atom. The molecular weight excluding hydrogens is 390 g/mol. The number of furan rings is 1. The fourth-order valence-electron chi connectivity index (χ4n) is 3.40. The number of aromatic nitrogens is 2. The van der Waals surface area contributed by atoms with E-state index in [1.165, 1.54) is 18.1 Å². The van der Waals surface area contributed by atoms with Crippen LogP contribution in [0.4, 0.5) is 0 Å². The molecule has 0 aliphatic carbocycles. The molecule has 0 unspecified atom stereocenters. The summed E-state index contributed by atoms with van der Waals surface area (Å²) in [6.45, 7) is 0. The van der Waals surface area contributed by atoms with Crippen LogP contribution in [0.2, 0.25) is 0 Å². The van der Waals surface area contributed by atoms with Crippen LogP contribution in [0.1, 0.15) is 5.56 Å². The lowest BCUT2D eigenvalue weighted by Crippen LogP contribution is -1.87. The van der Waals surface area contributed by atoms with Gasteiger partial charge in [-0.1, -0.05) is 78.5 Å². The summed E-state index contributed by atoms with van der Waals surface area (Å²) in [5, 5.41) is 10.9.